The van der Waals surface area contributed by atoms with Crippen LogP contribution in [0, 0.1) is 0 Å². The zero-order valence-electron chi connectivity index (χ0n) is 10.1. The van der Waals surface area contributed by atoms with Gasteiger partial charge in [-0.25, -0.2) is 0 Å². The lowest BCUT2D eigenvalue weighted by molar-refractivity contribution is 0.112. The first-order valence-corrected chi connectivity index (χ1v) is 5.97. The van der Waals surface area contributed by atoms with Crippen molar-refractivity contribution in [3.05, 3.63) is 36.0 Å². The van der Waals surface area contributed by atoms with E-state index in [-0.39, 0.29) is 0 Å². The van der Waals surface area contributed by atoms with Gasteiger partial charge in [0, 0.05) is 30.4 Å². The summed E-state index contributed by atoms with van der Waals surface area (Å²) in [6.45, 7) is 4.44. The third kappa shape index (κ3) is 2.74. The Bertz CT molecular complexity index is 502. The average Bonchev–Trinajstić information content (AvgIpc) is 2.77. The molecule has 0 bridgehead atoms. The molecule has 0 N–H and O–H groups in total. The highest BCUT2D eigenvalue weighted by atomic mass is 16.5. The summed E-state index contributed by atoms with van der Waals surface area (Å²) in [4.78, 5) is 10.7. The highest BCUT2D eigenvalue weighted by Crippen LogP contribution is 2.16. The SMILES string of the molecule is CCCOCCn1ccc2ccc(C=O)cc21. The molecule has 0 amide bonds. The van der Waals surface area contributed by atoms with E-state index in [9.17, 15) is 4.79 Å². The molecule has 0 unspecified atom stereocenters. The Labute approximate surface area is 101 Å². The normalized spacial score (nSPS) is 10.9. The number of benzene rings is 1. The second-order valence-corrected chi connectivity index (χ2v) is 4.06. The predicted molar refractivity (Wildman–Crippen MR) is 68.4 cm³/mol. The molecule has 0 aliphatic rings. The smallest absolute Gasteiger partial charge is 0.150 e. The molecule has 3 nitrogen and oxygen atoms in total. The molecule has 3 heteroatoms. The van der Waals surface area contributed by atoms with E-state index in [0.717, 1.165) is 36.8 Å². The average molecular weight is 231 g/mol. The molecule has 0 fully saturated rings. The fourth-order valence-electron chi connectivity index (χ4n) is 1.88. The van der Waals surface area contributed by atoms with Crippen LogP contribution in [0.3, 0.4) is 0 Å². The van der Waals surface area contributed by atoms with Crippen molar-refractivity contribution in [3.8, 4) is 0 Å². The van der Waals surface area contributed by atoms with Crippen LogP contribution in [0.5, 0.6) is 0 Å². The second kappa shape index (κ2) is 5.64. The summed E-state index contributed by atoms with van der Waals surface area (Å²) >= 11 is 0. The minimum absolute atomic E-state index is 0.711. The minimum Gasteiger partial charge on any atom is -0.380 e. The van der Waals surface area contributed by atoms with Crippen LogP contribution in [0.1, 0.15) is 23.7 Å². The maximum absolute atomic E-state index is 10.7. The molecule has 0 aliphatic heterocycles. The van der Waals surface area contributed by atoms with Gasteiger partial charge < -0.3 is 9.30 Å². The van der Waals surface area contributed by atoms with Crippen LogP contribution < -0.4 is 0 Å². The first-order chi connectivity index (χ1) is 8.35. The summed E-state index contributed by atoms with van der Waals surface area (Å²) in [6, 6.07) is 7.79. The molecular weight excluding hydrogens is 214 g/mol. The Kier molecular flexibility index (Phi) is 3.94. The van der Waals surface area contributed by atoms with Crippen molar-refractivity contribution in [2.75, 3.05) is 13.2 Å². The fourth-order valence-corrected chi connectivity index (χ4v) is 1.88. The molecule has 1 heterocycles. The molecule has 0 saturated heterocycles. The van der Waals surface area contributed by atoms with Gasteiger partial charge in [0.2, 0.25) is 0 Å². The first-order valence-electron chi connectivity index (χ1n) is 5.97. The van der Waals surface area contributed by atoms with Gasteiger partial charge in [-0.3, -0.25) is 4.79 Å². The highest BCUT2D eigenvalue weighted by molar-refractivity contribution is 5.87. The van der Waals surface area contributed by atoms with Crippen LogP contribution in [0.4, 0.5) is 0 Å². The molecule has 90 valence electrons. The summed E-state index contributed by atoms with van der Waals surface area (Å²) in [7, 11) is 0. The number of aromatic nitrogens is 1. The lowest BCUT2D eigenvalue weighted by Gasteiger charge is -2.06. The number of aldehydes is 1. The fraction of sp³-hybridized carbons (Fsp3) is 0.357. The molecule has 0 saturated carbocycles. The van der Waals surface area contributed by atoms with Gasteiger partial charge in [0.1, 0.15) is 6.29 Å². The van der Waals surface area contributed by atoms with Gasteiger partial charge in [0.15, 0.2) is 0 Å². The largest absolute Gasteiger partial charge is 0.380 e. The number of hydrogen-bond donors (Lipinski definition) is 0. The van der Waals surface area contributed by atoms with E-state index in [1.54, 1.807) is 0 Å². The lowest BCUT2D eigenvalue weighted by Crippen LogP contribution is -2.05. The quantitative estimate of drug-likeness (QED) is 0.565. The summed E-state index contributed by atoms with van der Waals surface area (Å²) in [5.74, 6) is 0. The van der Waals surface area contributed by atoms with Crippen molar-refractivity contribution >= 4 is 17.2 Å². The molecule has 1 aromatic carbocycles. The Hall–Kier alpha value is -1.61. The van der Waals surface area contributed by atoms with Crippen LogP contribution >= 0.6 is 0 Å². The van der Waals surface area contributed by atoms with Gasteiger partial charge in [-0.05, 0) is 23.9 Å². The molecule has 0 aliphatic carbocycles. The number of rotatable bonds is 6. The zero-order valence-corrected chi connectivity index (χ0v) is 10.1. The molecule has 1 aromatic heterocycles. The summed E-state index contributed by atoms with van der Waals surface area (Å²) in [5.41, 5.74) is 1.81. The third-order valence-electron chi connectivity index (χ3n) is 2.76. The summed E-state index contributed by atoms with van der Waals surface area (Å²) in [6.07, 6.45) is 3.96. The number of hydrogen-bond acceptors (Lipinski definition) is 2. The Morgan fingerprint density at radius 2 is 2.18 bits per heavy atom. The maximum atomic E-state index is 10.7. The molecule has 0 spiro atoms. The number of fused-ring (bicyclic) bond motifs is 1. The molecule has 2 rings (SSSR count). The third-order valence-corrected chi connectivity index (χ3v) is 2.76. The Morgan fingerprint density at radius 1 is 1.29 bits per heavy atom. The number of carbonyl (C=O) groups is 1. The van der Waals surface area contributed by atoms with E-state index in [4.69, 9.17) is 4.74 Å². The topological polar surface area (TPSA) is 31.2 Å². The number of carbonyl (C=O) groups excluding carboxylic acids is 1. The van der Waals surface area contributed by atoms with Gasteiger partial charge >= 0.3 is 0 Å². The second-order valence-electron chi connectivity index (χ2n) is 4.06. The van der Waals surface area contributed by atoms with Crippen molar-refractivity contribution in [1.82, 2.24) is 4.57 Å². The van der Waals surface area contributed by atoms with Crippen molar-refractivity contribution in [2.24, 2.45) is 0 Å². The van der Waals surface area contributed by atoms with Crippen molar-refractivity contribution < 1.29 is 9.53 Å². The van der Waals surface area contributed by atoms with Crippen LogP contribution in [-0.4, -0.2) is 24.1 Å². The molecule has 0 radical (unpaired) electrons. The highest BCUT2D eigenvalue weighted by Gasteiger charge is 2.01. The lowest BCUT2D eigenvalue weighted by atomic mass is 10.2. The van der Waals surface area contributed by atoms with Crippen molar-refractivity contribution in [1.29, 1.82) is 0 Å². The van der Waals surface area contributed by atoms with Gasteiger partial charge in [-0.15, -0.1) is 0 Å². The van der Waals surface area contributed by atoms with Gasteiger partial charge in [0.25, 0.3) is 0 Å². The van der Waals surface area contributed by atoms with Crippen LogP contribution in [-0.2, 0) is 11.3 Å². The van der Waals surface area contributed by atoms with E-state index < -0.39 is 0 Å². The molecule has 2 aromatic rings. The van der Waals surface area contributed by atoms with Crippen molar-refractivity contribution in [2.45, 2.75) is 19.9 Å². The van der Waals surface area contributed by atoms with E-state index >= 15 is 0 Å². The maximum Gasteiger partial charge on any atom is 0.150 e. The Balaban J connectivity index is 2.13. The van der Waals surface area contributed by atoms with E-state index in [1.165, 1.54) is 0 Å². The Morgan fingerprint density at radius 3 is 2.94 bits per heavy atom. The van der Waals surface area contributed by atoms with Gasteiger partial charge in [-0.1, -0.05) is 19.1 Å². The van der Waals surface area contributed by atoms with E-state index in [2.05, 4.69) is 17.6 Å². The molecule has 0 atom stereocenters. The number of ether oxygens (including phenoxy) is 1. The van der Waals surface area contributed by atoms with Crippen LogP contribution in [0.2, 0.25) is 0 Å². The van der Waals surface area contributed by atoms with Crippen molar-refractivity contribution in [3.63, 3.8) is 0 Å². The minimum atomic E-state index is 0.711. The number of nitrogens with zero attached hydrogens (tertiary/aromatic N) is 1. The zero-order chi connectivity index (χ0) is 12.1. The van der Waals surface area contributed by atoms with Crippen LogP contribution in [0.25, 0.3) is 10.9 Å². The molecular formula is C14H17NO2. The first kappa shape index (κ1) is 11.9. The van der Waals surface area contributed by atoms with Gasteiger partial charge in [-0.2, -0.15) is 0 Å². The summed E-state index contributed by atoms with van der Waals surface area (Å²) in [5, 5.41) is 1.16. The van der Waals surface area contributed by atoms with Gasteiger partial charge in [0.05, 0.1) is 6.61 Å². The summed E-state index contributed by atoms with van der Waals surface area (Å²) < 4.78 is 7.59. The molecule has 17 heavy (non-hydrogen) atoms. The van der Waals surface area contributed by atoms with E-state index in [1.807, 2.05) is 24.4 Å². The monoisotopic (exact) mass is 231 g/mol. The standard InChI is InChI=1S/C14H17NO2/c1-2-8-17-9-7-15-6-5-13-4-3-12(11-16)10-14(13)15/h3-6,10-11H,2,7-9H2,1H3. The predicted octanol–water partition coefficient (Wildman–Crippen LogP) is 2.88. The van der Waals surface area contributed by atoms with Crippen LogP contribution in [0.15, 0.2) is 30.5 Å². The van der Waals surface area contributed by atoms with E-state index in [0.29, 0.717) is 12.2 Å².